The van der Waals surface area contributed by atoms with Crippen molar-refractivity contribution >= 4 is 5.78 Å². The molecule has 1 saturated heterocycles. The van der Waals surface area contributed by atoms with Crippen molar-refractivity contribution in [2.45, 2.75) is 52.5 Å². The van der Waals surface area contributed by atoms with E-state index in [2.05, 4.69) is 73.7 Å². The molecule has 0 aliphatic carbocycles. The molecule has 5 heteroatoms. The molecular formula is C36H44N2O3. The molecule has 41 heavy (non-hydrogen) atoms. The second-order valence-electron chi connectivity index (χ2n) is 12.0. The Kier molecular flexibility index (Phi) is 10.6. The zero-order valence-electron chi connectivity index (χ0n) is 25.1. The first-order valence-electron chi connectivity index (χ1n) is 14.7. The van der Waals surface area contributed by atoms with Gasteiger partial charge in [0.15, 0.2) is 5.78 Å². The number of piperazine rings is 1. The van der Waals surface area contributed by atoms with Crippen molar-refractivity contribution in [3.05, 3.63) is 94.5 Å². The van der Waals surface area contributed by atoms with Gasteiger partial charge in [-0.15, -0.1) is 6.42 Å². The van der Waals surface area contributed by atoms with Crippen molar-refractivity contribution in [1.82, 2.24) is 9.80 Å². The summed E-state index contributed by atoms with van der Waals surface area (Å²) in [6.45, 7) is 16.2. The van der Waals surface area contributed by atoms with Gasteiger partial charge in [-0.2, -0.15) is 0 Å². The second kappa shape index (κ2) is 14.3. The minimum Gasteiger partial charge on any atom is -0.493 e. The maximum atomic E-state index is 12.9. The minimum absolute atomic E-state index is 0.00701. The molecule has 3 aromatic rings. The minimum atomic E-state index is 0.00701. The highest BCUT2D eigenvalue weighted by Gasteiger charge is 2.20. The lowest BCUT2D eigenvalue weighted by molar-refractivity contribution is 0.103. The first-order valence-corrected chi connectivity index (χ1v) is 14.7. The van der Waals surface area contributed by atoms with Crippen LogP contribution in [-0.2, 0) is 12.0 Å². The van der Waals surface area contributed by atoms with E-state index in [9.17, 15) is 4.79 Å². The number of unbranched alkanes of at least 4 members (excludes halogenated alkanes) is 1. The number of hydrogen-bond acceptors (Lipinski definition) is 5. The fourth-order valence-electron chi connectivity index (χ4n) is 5.16. The summed E-state index contributed by atoms with van der Waals surface area (Å²) in [6.07, 6.45) is 7.44. The maximum absolute atomic E-state index is 12.9. The van der Waals surface area contributed by atoms with Crippen molar-refractivity contribution < 1.29 is 14.3 Å². The van der Waals surface area contributed by atoms with Crippen molar-refractivity contribution in [1.29, 1.82) is 0 Å². The molecule has 0 atom stereocenters. The summed E-state index contributed by atoms with van der Waals surface area (Å²) in [6, 6.07) is 21.6. The highest BCUT2D eigenvalue weighted by Crippen LogP contribution is 2.32. The molecule has 0 radical (unpaired) electrons. The number of nitrogens with zero attached hydrogens (tertiary/aromatic N) is 2. The number of terminal acetylenes is 1. The van der Waals surface area contributed by atoms with E-state index < -0.39 is 0 Å². The normalized spacial score (nSPS) is 14.4. The number of carbonyl (C=O) groups excluding carboxylic acids is 1. The van der Waals surface area contributed by atoms with Crippen LogP contribution in [0.3, 0.4) is 0 Å². The van der Waals surface area contributed by atoms with Crippen LogP contribution in [0.5, 0.6) is 11.5 Å². The molecule has 5 nitrogen and oxygen atoms in total. The number of ketones is 1. The Morgan fingerprint density at radius 2 is 1.49 bits per heavy atom. The van der Waals surface area contributed by atoms with E-state index in [-0.39, 0.29) is 17.8 Å². The Bertz CT molecular complexity index is 1310. The van der Waals surface area contributed by atoms with Crippen LogP contribution < -0.4 is 9.47 Å². The molecule has 0 amide bonds. The van der Waals surface area contributed by atoms with Gasteiger partial charge in [0.1, 0.15) is 18.1 Å². The fraction of sp³-hybridized carbons (Fsp3) is 0.417. The third-order valence-corrected chi connectivity index (χ3v) is 7.60. The number of ether oxygens (including phenoxy) is 2. The van der Waals surface area contributed by atoms with E-state index in [1.807, 2.05) is 12.1 Å². The average molecular weight is 553 g/mol. The topological polar surface area (TPSA) is 42.0 Å². The summed E-state index contributed by atoms with van der Waals surface area (Å²) < 4.78 is 11.6. The van der Waals surface area contributed by atoms with Crippen LogP contribution in [0.15, 0.2) is 66.7 Å². The van der Waals surface area contributed by atoms with Crippen molar-refractivity contribution in [2.75, 3.05) is 45.9 Å². The van der Waals surface area contributed by atoms with Crippen LogP contribution in [0.2, 0.25) is 0 Å². The molecule has 0 bridgehead atoms. The van der Waals surface area contributed by atoms with Crippen LogP contribution in [-0.4, -0.2) is 61.5 Å². The van der Waals surface area contributed by atoms with Crippen molar-refractivity contribution in [2.24, 2.45) is 0 Å². The zero-order chi connectivity index (χ0) is 29.2. The van der Waals surface area contributed by atoms with Crippen LogP contribution in [0.4, 0.5) is 0 Å². The largest absolute Gasteiger partial charge is 0.493 e. The van der Waals surface area contributed by atoms with Gasteiger partial charge >= 0.3 is 0 Å². The SMILES string of the molecule is C#CCOc1ccc(C(=O)c2ccc(CN3CCN(CCCCOc4ccc(C)cc4C(C)(C)C)CC3)cc2)cc1. The molecule has 0 saturated carbocycles. The molecule has 0 aromatic heterocycles. The summed E-state index contributed by atoms with van der Waals surface area (Å²) in [5, 5.41) is 0. The molecule has 1 heterocycles. The lowest BCUT2D eigenvalue weighted by atomic mass is 9.85. The van der Waals surface area contributed by atoms with Gasteiger partial charge in [0.05, 0.1) is 6.61 Å². The molecule has 216 valence electrons. The van der Waals surface area contributed by atoms with Gasteiger partial charge in [-0.3, -0.25) is 9.69 Å². The van der Waals surface area contributed by atoms with Crippen LogP contribution in [0.25, 0.3) is 0 Å². The molecule has 1 aliphatic rings. The van der Waals surface area contributed by atoms with Gasteiger partial charge in [0.2, 0.25) is 0 Å². The Hall–Kier alpha value is -3.59. The molecule has 0 N–H and O–H groups in total. The summed E-state index contributed by atoms with van der Waals surface area (Å²) in [5.74, 6) is 4.13. The maximum Gasteiger partial charge on any atom is 0.193 e. The van der Waals surface area contributed by atoms with Crippen molar-refractivity contribution in [3.8, 4) is 23.8 Å². The van der Waals surface area contributed by atoms with Gasteiger partial charge in [-0.1, -0.05) is 68.7 Å². The van der Waals surface area contributed by atoms with E-state index in [1.165, 1.54) is 16.7 Å². The third-order valence-electron chi connectivity index (χ3n) is 7.60. The first-order chi connectivity index (χ1) is 19.7. The van der Waals surface area contributed by atoms with E-state index in [4.69, 9.17) is 15.9 Å². The molecule has 4 rings (SSSR count). The number of aryl methyl sites for hydroxylation is 1. The van der Waals surface area contributed by atoms with Crippen molar-refractivity contribution in [3.63, 3.8) is 0 Å². The zero-order valence-corrected chi connectivity index (χ0v) is 25.1. The van der Waals surface area contributed by atoms with E-state index >= 15 is 0 Å². The Morgan fingerprint density at radius 1 is 0.854 bits per heavy atom. The Morgan fingerprint density at radius 3 is 2.12 bits per heavy atom. The lowest BCUT2D eigenvalue weighted by Crippen LogP contribution is -2.46. The summed E-state index contributed by atoms with van der Waals surface area (Å²) in [5.41, 5.74) is 5.20. The number of rotatable bonds is 12. The molecule has 0 unspecified atom stereocenters. The number of carbonyl (C=O) groups is 1. The predicted molar refractivity (Wildman–Crippen MR) is 167 cm³/mol. The summed E-state index contributed by atoms with van der Waals surface area (Å²) >= 11 is 0. The van der Waals surface area contributed by atoms with Crippen LogP contribution >= 0.6 is 0 Å². The predicted octanol–water partition coefficient (Wildman–Crippen LogP) is 6.51. The summed E-state index contributed by atoms with van der Waals surface area (Å²) in [7, 11) is 0. The second-order valence-corrected chi connectivity index (χ2v) is 12.0. The third kappa shape index (κ3) is 8.95. The van der Waals surface area contributed by atoms with Gasteiger partial charge in [0, 0.05) is 43.9 Å². The van der Waals surface area contributed by atoms with Crippen LogP contribution in [0, 0.1) is 19.3 Å². The van der Waals surface area contributed by atoms with E-state index in [0.717, 1.165) is 64.5 Å². The highest BCUT2D eigenvalue weighted by atomic mass is 16.5. The average Bonchev–Trinajstić information content (AvgIpc) is 2.97. The fourth-order valence-corrected chi connectivity index (χ4v) is 5.16. The lowest BCUT2D eigenvalue weighted by Gasteiger charge is -2.34. The summed E-state index contributed by atoms with van der Waals surface area (Å²) in [4.78, 5) is 17.9. The van der Waals surface area contributed by atoms with E-state index in [1.54, 1.807) is 24.3 Å². The molecule has 1 fully saturated rings. The Labute approximate surface area is 246 Å². The number of benzene rings is 3. The van der Waals surface area contributed by atoms with Gasteiger partial charge in [0.25, 0.3) is 0 Å². The molecule has 3 aromatic carbocycles. The molecular weight excluding hydrogens is 508 g/mol. The monoisotopic (exact) mass is 552 g/mol. The van der Waals surface area contributed by atoms with Gasteiger partial charge < -0.3 is 14.4 Å². The van der Waals surface area contributed by atoms with Gasteiger partial charge in [-0.05, 0) is 73.2 Å². The first kappa shape index (κ1) is 30.4. The van der Waals surface area contributed by atoms with Gasteiger partial charge in [-0.25, -0.2) is 0 Å². The highest BCUT2D eigenvalue weighted by molar-refractivity contribution is 6.09. The smallest absolute Gasteiger partial charge is 0.193 e. The quantitative estimate of drug-likeness (QED) is 0.146. The van der Waals surface area contributed by atoms with Crippen LogP contribution in [0.1, 0.15) is 66.2 Å². The standard InChI is InChI=1S/C36H44N2O3/c1-6-24-40-32-16-14-31(15-17-32)35(39)30-12-10-29(11-13-30)27-38-22-20-37(21-23-38)19-7-8-25-41-34-18-9-28(2)26-33(34)36(3,4)5/h1,9-18,26H,7-8,19-25,27H2,2-5H3. The molecule has 1 aliphatic heterocycles. The van der Waals surface area contributed by atoms with E-state index in [0.29, 0.717) is 16.9 Å². The molecule has 0 spiro atoms. The number of hydrogen-bond donors (Lipinski definition) is 0. The Balaban J connectivity index is 1.15.